The van der Waals surface area contributed by atoms with E-state index in [0.717, 1.165) is 21.2 Å². The molecular weight excluding hydrogens is 320 g/mol. The Hall–Kier alpha value is -1.49. The van der Waals surface area contributed by atoms with Gasteiger partial charge < -0.3 is 4.52 Å². The van der Waals surface area contributed by atoms with E-state index in [4.69, 9.17) is 4.52 Å². The lowest BCUT2D eigenvalue weighted by atomic mass is 10.1. The fourth-order valence-corrected chi connectivity index (χ4v) is 2.10. The van der Waals surface area contributed by atoms with Crippen LogP contribution in [0.2, 0.25) is 0 Å². The Labute approximate surface area is 126 Å². The SMILES string of the molecule is Cc1cc(-c2noc(CC(=O)C(C)C)n2)cc(C)c1Br. The number of carbonyl (C=O) groups excluding carboxylic acids is 1. The molecule has 0 spiro atoms. The Bertz CT molecular complexity index is 624. The minimum absolute atomic E-state index is 0.0254. The first-order valence-electron chi connectivity index (χ1n) is 6.51. The van der Waals surface area contributed by atoms with Crippen molar-refractivity contribution in [2.24, 2.45) is 5.92 Å². The summed E-state index contributed by atoms with van der Waals surface area (Å²) in [5.74, 6) is 0.970. The molecule has 1 heterocycles. The summed E-state index contributed by atoms with van der Waals surface area (Å²) in [7, 11) is 0. The van der Waals surface area contributed by atoms with E-state index in [1.165, 1.54) is 0 Å². The number of carbonyl (C=O) groups is 1. The number of nitrogens with zero attached hydrogens (tertiary/aromatic N) is 2. The van der Waals surface area contributed by atoms with E-state index < -0.39 is 0 Å². The molecule has 0 aliphatic heterocycles. The highest BCUT2D eigenvalue weighted by Gasteiger charge is 2.15. The third-order valence-corrected chi connectivity index (χ3v) is 4.38. The van der Waals surface area contributed by atoms with E-state index in [-0.39, 0.29) is 18.1 Å². The molecule has 1 aromatic heterocycles. The highest BCUT2D eigenvalue weighted by Crippen LogP contribution is 2.27. The molecule has 0 saturated carbocycles. The summed E-state index contributed by atoms with van der Waals surface area (Å²) in [6.45, 7) is 7.76. The summed E-state index contributed by atoms with van der Waals surface area (Å²) in [5, 5.41) is 3.96. The molecule has 0 bridgehead atoms. The van der Waals surface area contributed by atoms with Crippen molar-refractivity contribution in [1.82, 2.24) is 10.1 Å². The van der Waals surface area contributed by atoms with Gasteiger partial charge in [0.05, 0.1) is 6.42 Å². The zero-order chi connectivity index (χ0) is 14.9. The predicted octanol–water partition coefficient (Wildman–Crippen LogP) is 3.88. The molecule has 0 unspecified atom stereocenters. The zero-order valence-corrected chi connectivity index (χ0v) is 13.6. The number of halogens is 1. The lowest BCUT2D eigenvalue weighted by molar-refractivity contribution is -0.121. The van der Waals surface area contributed by atoms with Gasteiger partial charge in [0.25, 0.3) is 0 Å². The van der Waals surface area contributed by atoms with E-state index in [1.54, 1.807) is 0 Å². The second-order valence-electron chi connectivity index (χ2n) is 5.23. The van der Waals surface area contributed by atoms with Gasteiger partial charge in [-0.05, 0) is 37.1 Å². The summed E-state index contributed by atoms with van der Waals surface area (Å²) >= 11 is 3.53. The average Bonchev–Trinajstić information content (AvgIpc) is 2.83. The van der Waals surface area contributed by atoms with Gasteiger partial charge in [-0.2, -0.15) is 4.98 Å². The van der Waals surface area contributed by atoms with Crippen LogP contribution in [-0.4, -0.2) is 15.9 Å². The molecule has 0 atom stereocenters. The normalized spacial score (nSPS) is 11.1. The lowest BCUT2D eigenvalue weighted by Crippen LogP contribution is -2.10. The van der Waals surface area contributed by atoms with Crippen molar-refractivity contribution in [3.05, 3.63) is 33.6 Å². The van der Waals surface area contributed by atoms with Gasteiger partial charge in [0.2, 0.25) is 11.7 Å². The number of aromatic nitrogens is 2. The van der Waals surface area contributed by atoms with Crippen LogP contribution in [0.15, 0.2) is 21.1 Å². The van der Waals surface area contributed by atoms with Crippen LogP contribution in [0, 0.1) is 19.8 Å². The predicted molar refractivity (Wildman–Crippen MR) is 80.5 cm³/mol. The Kier molecular flexibility index (Phi) is 4.38. The van der Waals surface area contributed by atoms with Crippen molar-refractivity contribution in [3.8, 4) is 11.4 Å². The van der Waals surface area contributed by atoms with Crippen molar-refractivity contribution < 1.29 is 9.32 Å². The van der Waals surface area contributed by atoms with Crippen LogP contribution in [0.4, 0.5) is 0 Å². The fraction of sp³-hybridized carbons (Fsp3) is 0.400. The maximum Gasteiger partial charge on any atom is 0.234 e. The molecule has 0 radical (unpaired) electrons. The molecule has 1 aromatic carbocycles. The summed E-state index contributed by atoms with van der Waals surface area (Å²) < 4.78 is 6.24. The van der Waals surface area contributed by atoms with E-state index >= 15 is 0 Å². The third-order valence-electron chi connectivity index (χ3n) is 3.13. The summed E-state index contributed by atoms with van der Waals surface area (Å²) in [4.78, 5) is 16.0. The molecule has 4 nitrogen and oxygen atoms in total. The van der Waals surface area contributed by atoms with Crippen LogP contribution < -0.4 is 0 Å². The first-order valence-corrected chi connectivity index (χ1v) is 7.30. The first-order chi connectivity index (χ1) is 9.38. The van der Waals surface area contributed by atoms with Gasteiger partial charge in [-0.1, -0.05) is 34.9 Å². The summed E-state index contributed by atoms with van der Waals surface area (Å²) in [6.07, 6.45) is 0.194. The molecule has 2 rings (SSSR count). The molecule has 0 N–H and O–H groups in total. The number of benzene rings is 1. The minimum Gasteiger partial charge on any atom is -0.339 e. The van der Waals surface area contributed by atoms with Crippen molar-refractivity contribution >= 4 is 21.7 Å². The van der Waals surface area contributed by atoms with Gasteiger partial charge in [0.1, 0.15) is 5.78 Å². The van der Waals surface area contributed by atoms with E-state index in [1.807, 2.05) is 39.8 Å². The second kappa shape index (κ2) is 5.87. The number of aryl methyl sites for hydroxylation is 2. The number of hydrogen-bond donors (Lipinski definition) is 0. The van der Waals surface area contributed by atoms with Gasteiger partial charge in [-0.15, -0.1) is 0 Å². The van der Waals surface area contributed by atoms with Crippen molar-refractivity contribution in [2.45, 2.75) is 34.1 Å². The number of Topliss-reactive ketones (excluding diaryl/α,β-unsaturated/α-hetero) is 1. The lowest BCUT2D eigenvalue weighted by Gasteiger charge is -2.04. The quantitative estimate of drug-likeness (QED) is 0.849. The van der Waals surface area contributed by atoms with Crippen LogP contribution in [0.5, 0.6) is 0 Å². The van der Waals surface area contributed by atoms with Crippen LogP contribution in [0.1, 0.15) is 30.9 Å². The highest BCUT2D eigenvalue weighted by atomic mass is 79.9. The molecule has 2 aromatic rings. The molecule has 20 heavy (non-hydrogen) atoms. The Morgan fingerprint density at radius 2 is 1.90 bits per heavy atom. The first kappa shape index (κ1) is 14.9. The Morgan fingerprint density at radius 3 is 2.45 bits per heavy atom. The maximum absolute atomic E-state index is 11.7. The van der Waals surface area contributed by atoms with Crippen LogP contribution in [0.25, 0.3) is 11.4 Å². The van der Waals surface area contributed by atoms with E-state index in [0.29, 0.717) is 11.7 Å². The van der Waals surface area contributed by atoms with Crippen molar-refractivity contribution in [2.75, 3.05) is 0 Å². The average molecular weight is 337 g/mol. The summed E-state index contributed by atoms with van der Waals surface area (Å²) in [5.41, 5.74) is 3.13. The number of hydrogen-bond acceptors (Lipinski definition) is 4. The van der Waals surface area contributed by atoms with Gasteiger partial charge in [0.15, 0.2) is 0 Å². The van der Waals surface area contributed by atoms with Crippen molar-refractivity contribution in [1.29, 1.82) is 0 Å². The second-order valence-corrected chi connectivity index (χ2v) is 6.03. The van der Waals surface area contributed by atoms with E-state index in [9.17, 15) is 4.79 Å². The zero-order valence-electron chi connectivity index (χ0n) is 12.0. The monoisotopic (exact) mass is 336 g/mol. The number of rotatable bonds is 4. The maximum atomic E-state index is 11.7. The molecular formula is C15H17BrN2O2. The Morgan fingerprint density at radius 1 is 1.30 bits per heavy atom. The van der Waals surface area contributed by atoms with Crippen molar-refractivity contribution in [3.63, 3.8) is 0 Å². The van der Waals surface area contributed by atoms with Gasteiger partial charge in [0, 0.05) is 16.0 Å². The van der Waals surface area contributed by atoms with Crippen LogP contribution in [0.3, 0.4) is 0 Å². The number of ketones is 1. The van der Waals surface area contributed by atoms with Crippen LogP contribution >= 0.6 is 15.9 Å². The molecule has 106 valence electrons. The molecule has 0 fully saturated rings. The fourth-order valence-electron chi connectivity index (χ4n) is 1.87. The van der Waals surface area contributed by atoms with E-state index in [2.05, 4.69) is 26.1 Å². The molecule has 0 aliphatic carbocycles. The topological polar surface area (TPSA) is 56.0 Å². The smallest absolute Gasteiger partial charge is 0.234 e. The Balaban J connectivity index is 2.27. The molecule has 5 heteroatoms. The third kappa shape index (κ3) is 3.15. The van der Waals surface area contributed by atoms with Gasteiger partial charge >= 0.3 is 0 Å². The highest BCUT2D eigenvalue weighted by molar-refractivity contribution is 9.10. The van der Waals surface area contributed by atoms with Crippen LogP contribution in [-0.2, 0) is 11.2 Å². The summed E-state index contributed by atoms with van der Waals surface area (Å²) in [6, 6.07) is 3.99. The van der Waals surface area contributed by atoms with Gasteiger partial charge in [-0.3, -0.25) is 4.79 Å². The molecule has 0 saturated heterocycles. The van der Waals surface area contributed by atoms with Gasteiger partial charge in [-0.25, -0.2) is 0 Å². The molecule has 0 amide bonds. The largest absolute Gasteiger partial charge is 0.339 e. The standard InChI is InChI=1S/C15H17BrN2O2/c1-8(2)12(19)7-13-17-15(18-20-13)11-5-9(3)14(16)10(4)6-11/h5-6,8H,7H2,1-4H3. The minimum atomic E-state index is -0.0254. The molecule has 0 aliphatic rings.